The van der Waals surface area contributed by atoms with Gasteiger partial charge in [0.25, 0.3) is 11.8 Å². The second-order valence-corrected chi connectivity index (χ2v) is 5.85. The van der Waals surface area contributed by atoms with E-state index in [1.165, 1.54) is 17.1 Å². The Bertz CT molecular complexity index is 441. The van der Waals surface area contributed by atoms with Crippen molar-refractivity contribution in [1.82, 2.24) is 4.90 Å². The van der Waals surface area contributed by atoms with Gasteiger partial charge in [-0.3, -0.25) is 24.1 Å². The molecule has 1 aliphatic heterocycles. The fourth-order valence-electron chi connectivity index (χ4n) is 2.31. The number of carbonyl (C=O) groups is 4. The number of ketones is 1. The van der Waals surface area contributed by atoms with E-state index in [0.717, 1.165) is 38.5 Å². The fourth-order valence-corrected chi connectivity index (χ4v) is 2.44. The normalized spacial score (nSPS) is 14.0. The lowest BCUT2D eigenvalue weighted by Gasteiger charge is -2.12. The molecule has 0 saturated heterocycles. The average molecular weight is 328 g/mol. The van der Waals surface area contributed by atoms with Gasteiger partial charge in [0.05, 0.1) is 0 Å². The monoisotopic (exact) mass is 327 g/mol. The summed E-state index contributed by atoms with van der Waals surface area (Å²) in [6.45, 7) is 0.422. The molecule has 0 aromatic carbocycles. The van der Waals surface area contributed by atoms with Gasteiger partial charge in [-0.15, -0.1) is 0 Å². The minimum atomic E-state index is -0.323. The largest absolute Gasteiger partial charge is 0.300 e. The molecule has 22 heavy (non-hydrogen) atoms. The van der Waals surface area contributed by atoms with Crippen LogP contribution < -0.4 is 0 Å². The number of halogens is 1. The van der Waals surface area contributed by atoms with Crippen molar-refractivity contribution in [3.8, 4) is 0 Å². The summed E-state index contributed by atoms with van der Waals surface area (Å²) in [7, 11) is 0. The Labute approximate surface area is 135 Å². The highest BCUT2D eigenvalue weighted by Gasteiger charge is 2.22. The summed E-state index contributed by atoms with van der Waals surface area (Å²) >= 11 is 5.23. The summed E-state index contributed by atoms with van der Waals surface area (Å²) < 4.78 is 0. The first-order valence-corrected chi connectivity index (χ1v) is 8.12. The molecule has 0 aromatic rings. The molecule has 6 heteroatoms. The SMILES string of the molecule is O=C(Cl)CCCCCC(=O)CCCCCN1C(=O)C=CC1=O. The molecule has 0 unspecified atom stereocenters. The molecule has 2 amide bonds. The van der Waals surface area contributed by atoms with Gasteiger partial charge in [0.15, 0.2) is 0 Å². The predicted octanol–water partition coefficient (Wildman–Crippen LogP) is 2.76. The van der Waals surface area contributed by atoms with E-state index in [9.17, 15) is 19.2 Å². The molecular formula is C16H22ClNO4. The number of Topliss-reactive ketones (excluding diaryl/α,β-unsaturated/α-hetero) is 1. The van der Waals surface area contributed by atoms with Crippen LogP contribution in [0, 0.1) is 0 Å². The molecule has 0 spiro atoms. The second kappa shape index (κ2) is 10.3. The Hall–Kier alpha value is -1.49. The van der Waals surface area contributed by atoms with Crippen molar-refractivity contribution >= 4 is 34.4 Å². The molecule has 0 bridgehead atoms. The summed E-state index contributed by atoms with van der Waals surface area (Å²) in [6.07, 6.45) is 8.73. The Kier molecular flexibility index (Phi) is 8.67. The number of imide groups is 1. The van der Waals surface area contributed by atoms with Gasteiger partial charge in [0.1, 0.15) is 5.78 Å². The molecule has 1 rings (SSSR count). The third-order valence-electron chi connectivity index (χ3n) is 3.57. The van der Waals surface area contributed by atoms with Crippen molar-refractivity contribution in [2.45, 2.75) is 57.8 Å². The minimum Gasteiger partial charge on any atom is -0.300 e. The van der Waals surface area contributed by atoms with Crippen molar-refractivity contribution in [3.05, 3.63) is 12.2 Å². The van der Waals surface area contributed by atoms with Crippen LogP contribution >= 0.6 is 11.6 Å². The van der Waals surface area contributed by atoms with Crippen LogP contribution in [0.2, 0.25) is 0 Å². The predicted molar refractivity (Wildman–Crippen MR) is 83.3 cm³/mol. The molecule has 0 atom stereocenters. The summed E-state index contributed by atoms with van der Waals surface area (Å²) in [5.74, 6) is -0.278. The Morgan fingerprint density at radius 3 is 1.86 bits per heavy atom. The quantitative estimate of drug-likeness (QED) is 0.314. The zero-order valence-corrected chi connectivity index (χ0v) is 13.4. The van der Waals surface area contributed by atoms with E-state index >= 15 is 0 Å². The smallest absolute Gasteiger partial charge is 0.253 e. The van der Waals surface area contributed by atoms with Crippen LogP contribution in [0.5, 0.6) is 0 Å². The number of carbonyl (C=O) groups excluding carboxylic acids is 4. The van der Waals surface area contributed by atoms with Crippen LogP contribution in [0.15, 0.2) is 12.2 Å². The summed E-state index contributed by atoms with van der Waals surface area (Å²) in [5.41, 5.74) is 0. The molecule has 0 aliphatic carbocycles. The summed E-state index contributed by atoms with van der Waals surface area (Å²) in [5, 5.41) is -0.323. The molecular weight excluding hydrogens is 306 g/mol. The van der Waals surface area contributed by atoms with Crippen molar-refractivity contribution < 1.29 is 19.2 Å². The first kappa shape index (κ1) is 18.6. The second-order valence-electron chi connectivity index (χ2n) is 5.43. The number of hydrogen-bond donors (Lipinski definition) is 0. The van der Waals surface area contributed by atoms with Gasteiger partial charge in [-0.25, -0.2) is 0 Å². The molecule has 0 fully saturated rings. The van der Waals surface area contributed by atoms with Gasteiger partial charge >= 0.3 is 0 Å². The maximum absolute atomic E-state index is 11.6. The highest BCUT2D eigenvalue weighted by molar-refractivity contribution is 6.63. The van der Waals surface area contributed by atoms with E-state index in [0.29, 0.717) is 25.8 Å². The highest BCUT2D eigenvalue weighted by Crippen LogP contribution is 2.10. The maximum atomic E-state index is 11.6. The van der Waals surface area contributed by atoms with E-state index in [4.69, 9.17) is 11.6 Å². The van der Waals surface area contributed by atoms with E-state index in [1.807, 2.05) is 0 Å². The first-order valence-electron chi connectivity index (χ1n) is 7.74. The standard InChI is InChI=1S/C16H22ClNO4/c17-14(20)9-5-1-3-7-13(19)8-4-2-6-12-18-15(21)10-11-16(18)22/h10-11H,1-9,12H2. The molecule has 5 nitrogen and oxygen atoms in total. The van der Waals surface area contributed by atoms with Crippen LogP contribution in [0.1, 0.15) is 57.8 Å². The van der Waals surface area contributed by atoms with Gasteiger partial charge in [-0.2, -0.15) is 0 Å². The number of amides is 2. The van der Waals surface area contributed by atoms with Crippen LogP contribution in [-0.2, 0) is 19.2 Å². The Morgan fingerprint density at radius 1 is 0.818 bits per heavy atom. The summed E-state index contributed by atoms with van der Waals surface area (Å²) in [4.78, 5) is 46.0. The van der Waals surface area contributed by atoms with Crippen molar-refractivity contribution in [2.24, 2.45) is 0 Å². The van der Waals surface area contributed by atoms with Gasteiger partial charge < -0.3 is 0 Å². The molecule has 122 valence electrons. The van der Waals surface area contributed by atoms with Crippen LogP contribution in [0.4, 0.5) is 0 Å². The Morgan fingerprint density at radius 2 is 1.32 bits per heavy atom. The lowest BCUT2D eigenvalue weighted by molar-refractivity contribution is -0.137. The topological polar surface area (TPSA) is 71.5 Å². The Balaban J connectivity index is 1.96. The van der Waals surface area contributed by atoms with Gasteiger partial charge in [0, 0.05) is 38.0 Å². The van der Waals surface area contributed by atoms with E-state index in [1.54, 1.807) is 0 Å². The molecule has 0 saturated carbocycles. The molecule has 0 radical (unpaired) electrons. The molecule has 1 heterocycles. The average Bonchev–Trinajstić information content (AvgIpc) is 2.77. The number of unbranched alkanes of at least 4 members (excludes halogenated alkanes) is 4. The van der Waals surface area contributed by atoms with E-state index < -0.39 is 0 Å². The fraction of sp³-hybridized carbons (Fsp3) is 0.625. The van der Waals surface area contributed by atoms with Crippen molar-refractivity contribution in [3.63, 3.8) is 0 Å². The summed E-state index contributed by atoms with van der Waals surface area (Å²) in [6, 6.07) is 0. The highest BCUT2D eigenvalue weighted by atomic mass is 35.5. The van der Waals surface area contributed by atoms with Crippen LogP contribution in [0.25, 0.3) is 0 Å². The first-order chi connectivity index (χ1) is 10.5. The molecule has 0 aromatic heterocycles. The van der Waals surface area contributed by atoms with Crippen LogP contribution in [0.3, 0.4) is 0 Å². The van der Waals surface area contributed by atoms with Gasteiger partial charge in [0.2, 0.25) is 5.24 Å². The van der Waals surface area contributed by atoms with E-state index in [2.05, 4.69) is 0 Å². The number of hydrogen-bond acceptors (Lipinski definition) is 4. The number of nitrogens with zero attached hydrogens (tertiary/aromatic N) is 1. The van der Waals surface area contributed by atoms with E-state index in [-0.39, 0.29) is 22.8 Å². The lowest BCUT2D eigenvalue weighted by atomic mass is 10.1. The maximum Gasteiger partial charge on any atom is 0.253 e. The number of rotatable bonds is 12. The third-order valence-corrected chi connectivity index (χ3v) is 3.76. The van der Waals surface area contributed by atoms with Gasteiger partial charge in [-0.1, -0.05) is 12.8 Å². The third kappa shape index (κ3) is 7.50. The molecule has 1 aliphatic rings. The van der Waals surface area contributed by atoms with Crippen molar-refractivity contribution in [1.29, 1.82) is 0 Å². The lowest BCUT2D eigenvalue weighted by Crippen LogP contribution is -2.30. The zero-order valence-electron chi connectivity index (χ0n) is 12.7. The van der Waals surface area contributed by atoms with Crippen molar-refractivity contribution in [2.75, 3.05) is 6.54 Å². The zero-order chi connectivity index (χ0) is 16.4. The van der Waals surface area contributed by atoms with Crippen LogP contribution in [-0.4, -0.2) is 34.3 Å². The van der Waals surface area contributed by atoms with Gasteiger partial charge in [-0.05, 0) is 37.3 Å². The minimum absolute atomic E-state index is 0.229. The molecule has 0 N–H and O–H groups in total.